The highest BCUT2D eigenvalue weighted by Crippen LogP contribution is 2.32. The van der Waals surface area contributed by atoms with E-state index in [1.807, 2.05) is 0 Å². The van der Waals surface area contributed by atoms with Crippen LogP contribution in [0.2, 0.25) is 0 Å². The molecule has 3 aromatic rings. The third-order valence-electron chi connectivity index (χ3n) is 5.26. The number of benzene rings is 3. The lowest BCUT2D eigenvalue weighted by atomic mass is 10.0. The van der Waals surface area contributed by atoms with Crippen molar-refractivity contribution in [1.29, 1.82) is 0 Å². The highest BCUT2D eigenvalue weighted by molar-refractivity contribution is 7.91. The van der Waals surface area contributed by atoms with Gasteiger partial charge in [-0.25, -0.2) is 21.6 Å². The SMILES string of the molecule is CC(=O)Oc1cc(-c2ccccc2S(C)(=O)=O)ccc1CCNS(=O)(=O)c1cc(C(N)=NO)ccc1O. The first-order valence-corrected chi connectivity index (χ1v) is 14.1. The number of sulfonamides is 1. The van der Waals surface area contributed by atoms with Gasteiger partial charge in [0.15, 0.2) is 15.7 Å². The number of ether oxygens (including phenoxy) is 1. The van der Waals surface area contributed by atoms with Crippen LogP contribution in [0.5, 0.6) is 11.5 Å². The van der Waals surface area contributed by atoms with Gasteiger partial charge in [0.25, 0.3) is 0 Å². The predicted octanol–water partition coefficient (Wildman–Crippen LogP) is 2.00. The molecule has 196 valence electrons. The summed E-state index contributed by atoms with van der Waals surface area (Å²) in [4.78, 5) is 11.4. The second-order valence-electron chi connectivity index (χ2n) is 8.00. The number of aromatic hydroxyl groups is 1. The van der Waals surface area contributed by atoms with Crippen molar-refractivity contribution in [2.75, 3.05) is 12.8 Å². The summed E-state index contributed by atoms with van der Waals surface area (Å²) < 4.78 is 57.7. The van der Waals surface area contributed by atoms with Crippen molar-refractivity contribution in [2.45, 2.75) is 23.1 Å². The molecule has 11 nitrogen and oxygen atoms in total. The standard InChI is InChI=1S/C24H25N3O8S2/c1-15(28)35-21-13-17(19-5-3-4-6-22(19)36(2,31)32)8-7-16(21)11-12-26-37(33,34)23-14-18(24(25)27-30)9-10-20(23)29/h3-10,13-14,26,29-30H,11-12H2,1-2H3,(H2,25,27). The molecule has 0 aromatic heterocycles. The maximum absolute atomic E-state index is 12.8. The maximum Gasteiger partial charge on any atom is 0.308 e. The summed E-state index contributed by atoms with van der Waals surface area (Å²) in [5.41, 5.74) is 6.99. The Morgan fingerprint density at radius 2 is 1.73 bits per heavy atom. The maximum atomic E-state index is 12.8. The van der Waals surface area contributed by atoms with E-state index in [0.717, 1.165) is 18.4 Å². The van der Waals surface area contributed by atoms with Gasteiger partial charge < -0.3 is 20.8 Å². The number of nitrogens with two attached hydrogens (primary N) is 1. The fourth-order valence-electron chi connectivity index (χ4n) is 3.55. The van der Waals surface area contributed by atoms with E-state index in [2.05, 4.69) is 9.88 Å². The van der Waals surface area contributed by atoms with Crippen LogP contribution in [0.15, 0.2) is 75.6 Å². The van der Waals surface area contributed by atoms with E-state index in [4.69, 9.17) is 15.7 Å². The lowest BCUT2D eigenvalue weighted by Gasteiger charge is -2.14. The quantitative estimate of drug-likeness (QED) is 0.0776. The molecule has 0 unspecified atom stereocenters. The van der Waals surface area contributed by atoms with Crippen LogP contribution < -0.4 is 15.2 Å². The number of oxime groups is 1. The zero-order chi connectivity index (χ0) is 27.4. The molecule has 0 fully saturated rings. The van der Waals surface area contributed by atoms with Crippen molar-refractivity contribution < 1.29 is 36.7 Å². The fraction of sp³-hybridized carbons (Fsp3) is 0.167. The van der Waals surface area contributed by atoms with Gasteiger partial charge >= 0.3 is 5.97 Å². The third kappa shape index (κ3) is 6.64. The van der Waals surface area contributed by atoms with Crippen LogP contribution in [-0.2, 0) is 31.1 Å². The van der Waals surface area contributed by atoms with Crippen LogP contribution in [0.25, 0.3) is 11.1 Å². The first kappa shape index (κ1) is 27.6. The number of carbonyl (C=O) groups is 1. The summed E-state index contributed by atoms with van der Waals surface area (Å²) in [6.07, 6.45) is 1.19. The second kappa shape index (κ2) is 11.0. The number of hydrogen-bond donors (Lipinski definition) is 4. The summed E-state index contributed by atoms with van der Waals surface area (Å²) in [5.74, 6) is -1.33. The van der Waals surface area contributed by atoms with Crippen LogP contribution in [-0.4, -0.2) is 51.8 Å². The third-order valence-corrected chi connectivity index (χ3v) is 7.90. The molecule has 0 radical (unpaired) electrons. The van der Waals surface area contributed by atoms with E-state index >= 15 is 0 Å². The number of sulfone groups is 1. The molecule has 0 aliphatic carbocycles. The summed E-state index contributed by atoms with van der Waals surface area (Å²) in [5, 5.41) is 21.7. The summed E-state index contributed by atoms with van der Waals surface area (Å²) in [6, 6.07) is 14.6. The minimum absolute atomic E-state index is 0.0859. The molecule has 0 saturated carbocycles. The number of carbonyl (C=O) groups excluding carboxylic acids is 1. The van der Waals surface area contributed by atoms with E-state index in [-0.39, 0.29) is 35.0 Å². The molecule has 0 saturated heterocycles. The predicted molar refractivity (Wildman–Crippen MR) is 136 cm³/mol. The van der Waals surface area contributed by atoms with Crippen molar-refractivity contribution in [1.82, 2.24) is 4.72 Å². The number of hydrogen-bond acceptors (Lipinski definition) is 9. The van der Waals surface area contributed by atoms with Gasteiger partial charge in [-0.3, -0.25) is 4.79 Å². The monoisotopic (exact) mass is 547 g/mol. The highest BCUT2D eigenvalue weighted by Gasteiger charge is 2.21. The van der Waals surface area contributed by atoms with Crippen LogP contribution in [0.4, 0.5) is 0 Å². The van der Waals surface area contributed by atoms with Gasteiger partial charge in [0, 0.05) is 30.9 Å². The lowest BCUT2D eigenvalue weighted by molar-refractivity contribution is -0.131. The second-order valence-corrected chi connectivity index (χ2v) is 11.7. The molecule has 3 rings (SSSR count). The molecule has 0 heterocycles. The zero-order valence-corrected chi connectivity index (χ0v) is 21.5. The Morgan fingerprint density at radius 3 is 2.38 bits per heavy atom. The van der Waals surface area contributed by atoms with E-state index in [1.165, 1.54) is 25.1 Å². The minimum Gasteiger partial charge on any atom is -0.507 e. The molecule has 0 spiro atoms. The molecule has 0 amide bonds. The average molecular weight is 548 g/mol. The van der Waals surface area contributed by atoms with Gasteiger partial charge in [-0.05, 0) is 47.9 Å². The average Bonchev–Trinajstić information content (AvgIpc) is 2.83. The van der Waals surface area contributed by atoms with E-state index in [0.29, 0.717) is 16.7 Å². The van der Waals surface area contributed by atoms with Gasteiger partial charge in [-0.2, -0.15) is 0 Å². The summed E-state index contributed by atoms with van der Waals surface area (Å²) >= 11 is 0. The Hall–Kier alpha value is -3.94. The number of nitrogens with one attached hydrogen (secondary N) is 1. The first-order valence-electron chi connectivity index (χ1n) is 10.7. The number of rotatable bonds is 9. The van der Waals surface area contributed by atoms with Crippen molar-refractivity contribution in [2.24, 2.45) is 10.9 Å². The Balaban J connectivity index is 1.88. The van der Waals surface area contributed by atoms with E-state index in [1.54, 1.807) is 30.3 Å². The smallest absolute Gasteiger partial charge is 0.308 e. The van der Waals surface area contributed by atoms with Crippen molar-refractivity contribution >= 4 is 31.7 Å². The van der Waals surface area contributed by atoms with Gasteiger partial charge in [-0.15, -0.1) is 0 Å². The van der Waals surface area contributed by atoms with Crippen molar-refractivity contribution in [3.8, 4) is 22.6 Å². The number of phenolic OH excluding ortho intramolecular Hbond substituents is 1. The van der Waals surface area contributed by atoms with Gasteiger partial charge in [0.2, 0.25) is 10.0 Å². The van der Waals surface area contributed by atoms with Crippen molar-refractivity contribution in [3.05, 3.63) is 71.8 Å². The van der Waals surface area contributed by atoms with E-state index < -0.39 is 36.5 Å². The molecule has 0 aliphatic heterocycles. The Labute approximate surface area is 214 Å². The Kier molecular flexibility index (Phi) is 8.21. The summed E-state index contributed by atoms with van der Waals surface area (Å²) in [6.45, 7) is 1.07. The van der Waals surface area contributed by atoms with Crippen LogP contribution in [0.3, 0.4) is 0 Å². The number of esters is 1. The topological polar surface area (TPSA) is 185 Å². The fourth-order valence-corrected chi connectivity index (χ4v) is 5.61. The first-order chi connectivity index (χ1) is 17.3. The van der Waals surface area contributed by atoms with Gasteiger partial charge in [-0.1, -0.05) is 35.5 Å². The molecule has 0 aliphatic rings. The van der Waals surface area contributed by atoms with Gasteiger partial charge in [0.1, 0.15) is 16.4 Å². The number of nitrogens with zero attached hydrogens (tertiary/aromatic N) is 1. The largest absolute Gasteiger partial charge is 0.507 e. The molecule has 3 aromatic carbocycles. The Bertz CT molecular complexity index is 1580. The van der Waals surface area contributed by atoms with Crippen LogP contribution in [0.1, 0.15) is 18.1 Å². The molecule has 0 atom stereocenters. The molecule has 37 heavy (non-hydrogen) atoms. The van der Waals surface area contributed by atoms with Crippen molar-refractivity contribution in [3.63, 3.8) is 0 Å². The zero-order valence-electron chi connectivity index (χ0n) is 19.9. The van der Waals surface area contributed by atoms with Gasteiger partial charge in [0.05, 0.1) is 4.90 Å². The molecule has 5 N–H and O–H groups in total. The molecule has 13 heteroatoms. The highest BCUT2D eigenvalue weighted by atomic mass is 32.2. The lowest BCUT2D eigenvalue weighted by Crippen LogP contribution is -2.26. The molecular weight excluding hydrogens is 522 g/mol. The minimum atomic E-state index is -4.20. The van der Waals surface area contributed by atoms with E-state index in [9.17, 15) is 26.7 Å². The normalized spacial score (nSPS) is 12.3. The molecular formula is C24H25N3O8S2. The van der Waals surface area contributed by atoms with Crippen LogP contribution in [0, 0.1) is 0 Å². The molecule has 0 bridgehead atoms. The van der Waals surface area contributed by atoms with Crippen LogP contribution >= 0.6 is 0 Å². The number of phenols is 1. The Morgan fingerprint density at radius 1 is 1.03 bits per heavy atom. The number of amidine groups is 1. The summed E-state index contributed by atoms with van der Waals surface area (Å²) in [7, 11) is -7.73.